The van der Waals surface area contributed by atoms with Gasteiger partial charge in [-0.25, -0.2) is 0 Å². The Labute approximate surface area is 97.8 Å². The Balaban J connectivity index is 2.37. The van der Waals surface area contributed by atoms with E-state index in [9.17, 15) is 5.11 Å². The number of aliphatic hydroxyl groups excluding tert-OH is 1. The van der Waals surface area contributed by atoms with Crippen LogP contribution in [0.4, 0.5) is 0 Å². The summed E-state index contributed by atoms with van der Waals surface area (Å²) >= 11 is 0. The Morgan fingerprint density at radius 2 is 2.00 bits per heavy atom. The van der Waals surface area contributed by atoms with Gasteiger partial charge in [0.25, 0.3) is 0 Å². The van der Waals surface area contributed by atoms with Gasteiger partial charge in [0.1, 0.15) is 0 Å². The molecule has 1 aliphatic carbocycles. The predicted molar refractivity (Wildman–Crippen MR) is 61.9 cm³/mol. The zero-order chi connectivity index (χ0) is 11.8. The lowest BCUT2D eigenvalue weighted by molar-refractivity contribution is 0.0597. The van der Waals surface area contributed by atoms with Crippen LogP contribution in [0.3, 0.4) is 0 Å². The van der Waals surface area contributed by atoms with E-state index in [1.165, 1.54) is 0 Å². The van der Waals surface area contributed by atoms with Gasteiger partial charge in [-0.1, -0.05) is 0 Å². The second-order valence-electron chi connectivity index (χ2n) is 4.40. The number of ether oxygens (including phenoxy) is 1. The summed E-state index contributed by atoms with van der Waals surface area (Å²) < 4.78 is 5.09. The van der Waals surface area contributed by atoms with Gasteiger partial charge in [0, 0.05) is 32.7 Å². The van der Waals surface area contributed by atoms with E-state index in [2.05, 4.69) is 11.0 Å². The molecule has 0 heterocycles. The van der Waals surface area contributed by atoms with Crippen molar-refractivity contribution < 1.29 is 9.84 Å². The first-order valence-corrected chi connectivity index (χ1v) is 6.06. The van der Waals surface area contributed by atoms with Crippen molar-refractivity contribution in [2.75, 3.05) is 26.8 Å². The fourth-order valence-electron chi connectivity index (χ4n) is 2.30. The molecule has 92 valence electrons. The van der Waals surface area contributed by atoms with E-state index in [4.69, 9.17) is 10.00 Å². The third kappa shape index (κ3) is 4.48. The van der Waals surface area contributed by atoms with Crippen LogP contribution in [0.1, 0.15) is 32.1 Å². The minimum atomic E-state index is -0.114. The van der Waals surface area contributed by atoms with Gasteiger partial charge in [-0.05, 0) is 25.7 Å². The maximum absolute atomic E-state index is 9.47. The summed E-state index contributed by atoms with van der Waals surface area (Å²) in [7, 11) is 1.70. The molecule has 0 aromatic rings. The summed E-state index contributed by atoms with van der Waals surface area (Å²) in [6, 6.07) is 2.71. The Bertz CT molecular complexity index is 220. The number of nitrogens with zero attached hydrogens (tertiary/aromatic N) is 2. The highest BCUT2D eigenvalue weighted by molar-refractivity contribution is 4.81. The zero-order valence-electron chi connectivity index (χ0n) is 10.1. The van der Waals surface area contributed by atoms with E-state index in [1.807, 2.05) is 0 Å². The summed E-state index contributed by atoms with van der Waals surface area (Å²) in [4.78, 5) is 2.33. The van der Waals surface area contributed by atoms with Crippen molar-refractivity contribution in [1.29, 1.82) is 5.26 Å². The highest BCUT2D eigenvalue weighted by Crippen LogP contribution is 2.23. The number of hydrogen-bond donors (Lipinski definition) is 1. The molecule has 0 aromatic carbocycles. The first kappa shape index (κ1) is 13.4. The fraction of sp³-hybridized carbons (Fsp3) is 0.917. The van der Waals surface area contributed by atoms with Crippen molar-refractivity contribution in [1.82, 2.24) is 4.90 Å². The first-order chi connectivity index (χ1) is 7.77. The Hall–Kier alpha value is -0.630. The van der Waals surface area contributed by atoms with E-state index >= 15 is 0 Å². The van der Waals surface area contributed by atoms with Crippen LogP contribution < -0.4 is 0 Å². The molecule has 0 aromatic heterocycles. The molecular formula is C12H22N2O2. The fourth-order valence-corrected chi connectivity index (χ4v) is 2.30. The van der Waals surface area contributed by atoms with Crippen LogP contribution in [-0.4, -0.2) is 49.0 Å². The third-order valence-corrected chi connectivity index (χ3v) is 3.28. The van der Waals surface area contributed by atoms with Crippen LogP contribution in [-0.2, 0) is 4.74 Å². The summed E-state index contributed by atoms with van der Waals surface area (Å²) in [5.74, 6) is 0. The molecule has 0 atom stereocenters. The molecule has 1 N–H and O–H groups in total. The smallest absolute Gasteiger partial charge is 0.0635 e. The molecular weight excluding hydrogens is 204 g/mol. The van der Waals surface area contributed by atoms with Crippen molar-refractivity contribution >= 4 is 0 Å². The molecule has 1 saturated carbocycles. The van der Waals surface area contributed by atoms with Gasteiger partial charge in [-0.15, -0.1) is 0 Å². The molecule has 16 heavy (non-hydrogen) atoms. The molecule has 0 saturated heterocycles. The first-order valence-electron chi connectivity index (χ1n) is 6.06. The number of rotatable bonds is 6. The lowest BCUT2D eigenvalue weighted by Gasteiger charge is -2.35. The standard InChI is InChI=1S/C12H22N2O2/c1-16-10-9-14(8-2-7-13)11-3-5-12(15)6-4-11/h11-12,15H,2-6,8-10H2,1H3. The molecule has 1 fully saturated rings. The monoisotopic (exact) mass is 226 g/mol. The maximum atomic E-state index is 9.47. The summed E-state index contributed by atoms with van der Waals surface area (Å²) in [6.45, 7) is 2.42. The highest BCUT2D eigenvalue weighted by Gasteiger charge is 2.24. The topological polar surface area (TPSA) is 56.5 Å². The van der Waals surface area contributed by atoms with Gasteiger partial charge in [-0.3, -0.25) is 4.90 Å². The van der Waals surface area contributed by atoms with Gasteiger partial charge >= 0.3 is 0 Å². The summed E-state index contributed by atoms with van der Waals surface area (Å²) in [5.41, 5.74) is 0. The lowest BCUT2D eigenvalue weighted by Crippen LogP contribution is -2.41. The SMILES string of the molecule is COCCN(CCC#N)C1CCC(O)CC1. The second kappa shape index (κ2) is 7.61. The summed E-state index contributed by atoms with van der Waals surface area (Å²) in [5, 5.41) is 18.1. The number of nitriles is 1. The molecule has 4 heteroatoms. The summed E-state index contributed by atoms with van der Waals surface area (Å²) in [6.07, 6.45) is 4.31. The largest absolute Gasteiger partial charge is 0.393 e. The van der Waals surface area contributed by atoms with Gasteiger partial charge < -0.3 is 9.84 Å². The average molecular weight is 226 g/mol. The minimum absolute atomic E-state index is 0.114. The van der Waals surface area contributed by atoms with Crippen molar-refractivity contribution in [3.63, 3.8) is 0 Å². The van der Waals surface area contributed by atoms with Gasteiger partial charge in [0.15, 0.2) is 0 Å². The van der Waals surface area contributed by atoms with Crippen molar-refractivity contribution in [2.45, 2.75) is 44.2 Å². The quantitative estimate of drug-likeness (QED) is 0.738. The van der Waals surface area contributed by atoms with Crippen LogP contribution in [0.5, 0.6) is 0 Å². The van der Waals surface area contributed by atoms with Crippen LogP contribution in [0.15, 0.2) is 0 Å². The van der Waals surface area contributed by atoms with Crippen molar-refractivity contribution in [3.8, 4) is 6.07 Å². The Kier molecular flexibility index (Phi) is 6.39. The zero-order valence-corrected chi connectivity index (χ0v) is 10.1. The lowest BCUT2D eigenvalue weighted by atomic mass is 9.92. The molecule has 0 spiro atoms. The molecule has 0 bridgehead atoms. The van der Waals surface area contributed by atoms with E-state index < -0.39 is 0 Å². The van der Waals surface area contributed by atoms with Crippen molar-refractivity contribution in [2.24, 2.45) is 0 Å². The molecule has 0 radical (unpaired) electrons. The predicted octanol–water partition coefficient (Wildman–Crippen LogP) is 1.15. The van der Waals surface area contributed by atoms with Crippen LogP contribution >= 0.6 is 0 Å². The Morgan fingerprint density at radius 3 is 2.56 bits per heavy atom. The van der Waals surface area contributed by atoms with E-state index in [-0.39, 0.29) is 6.10 Å². The number of hydrogen-bond acceptors (Lipinski definition) is 4. The third-order valence-electron chi connectivity index (χ3n) is 3.28. The molecule has 4 nitrogen and oxygen atoms in total. The number of methoxy groups -OCH3 is 1. The van der Waals surface area contributed by atoms with E-state index in [1.54, 1.807) is 7.11 Å². The normalized spacial score (nSPS) is 25.6. The van der Waals surface area contributed by atoms with Gasteiger partial charge in [0.2, 0.25) is 0 Å². The number of aliphatic hydroxyl groups is 1. The van der Waals surface area contributed by atoms with Crippen LogP contribution in [0.25, 0.3) is 0 Å². The van der Waals surface area contributed by atoms with E-state index in [0.717, 1.165) is 38.8 Å². The average Bonchev–Trinajstić information content (AvgIpc) is 2.31. The van der Waals surface area contributed by atoms with Crippen LogP contribution in [0.2, 0.25) is 0 Å². The molecule has 1 rings (SSSR count). The second-order valence-corrected chi connectivity index (χ2v) is 4.40. The maximum Gasteiger partial charge on any atom is 0.0635 e. The van der Waals surface area contributed by atoms with Gasteiger partial charge in [0.05, 0.1) is 18.8 Å². The van der Waals surface area contributed by atoms with Gasteiger partial charge in [-0.2, -0.15) is 5.26 Å². The van der Waals surface area contributed by atoms with Crippen molar-refractivity contribution in [3.05, 3.63) is 0 Å². The molecule has 0 unspecified atom stereocenters. The Morgan fingerprint density at radius 1 is 1.31 bits per heavy atom. The molecule has 1 aliphatic rings. The van der Waals surface area contributed by atoms with Crippen LogP contribution in [0, 0.1) is 11.3 Å². The molecule has 0 aliphatic heterocycles. The van der Waals surface area contributed by atoms with E-state index in [0.29, 0.717) is 19.1 Å². The highest BCUT2D eigenvalue weighted by atomic mass is 16.5. The minimum Gasteiger partial charge on any atom is -0.393 e. The molecule has 0 amide bonds.